The molecule has 0 radical (unpaired) electrons. The third kappa shape index (κ3) is 6.35. The Balaban J connectivity index is 1.82. The van der Waals surface area contributed by atoms with Gasteiger partial charge in [0.15, 0.2) is 11.5 Å². The predicted octanol–water partition coefficient (Wildman–Crippen LogP) is 2.51. The molecule has 7 nitrogen and oxygen atoms in total. The van der Waals surface area contributed by atoms with Crippen molar-refractivity contribution in [2.75, 3.05) is 27.9 Å². The fourth-order valence-electron chi connectivity index (χ4n) is 2.75. The summed E-state index contributed by atoms with van der Waals surface area (Å²) in [5, 5.41) is 16.0. The van der Waals surface area contributed by atoms with Crippen LogP contribution < -0.4 is 24.8 Å². The zero-order valence-electron chi connectivity index (χ0n) is 16.7. The zero-order chi connectivity index (χ0) is 20.6. The van der Waals surface area contributed by atoms with Crippen LogP contribution in [0.4, 0.5) is 4.79 Å². The average molecular weight is 388 g/mol. The predicted molar refractivity (Wildman–Crippen MR) is 107 cm³/mol. The second-order valence-corrected chi connectivity index (χ2v) is 6.75. The third-order valence-electron chi connectivity index (χ3n) is 4.27. The molecule has 1 unspecified atom stereocenters. The van der Waals surface area contributed by atoms with Gasteiger partial charge in [-0.2, -0.15) is 0 Å². The molecular formula is C21H28N2O5. The van der Waals surface area contributed by atoms with Gasteiger partial charge in [-0.3, -0.25) is 0 Å². The van der Waals surface area contributed by atoms with Gasteiger partial charge in [-0.05, 0) is 42.3 Å². The van der Waals surface area contributed by atoms with Crippen LogP contribution in [-0.2, 0) is 13.0 Å². The second-order valence-electron chi connectivity index (χ2n) is 6.75. The summed E-state index contributed by atoms with van der Waals surface area (Å²) in [6, 6.07) is 12.6. The molecule has 0 aliphatic carbocycles. The van der Waals surface area contributed by atoms with Gasteiger partial charge >= 0.3 is 6.03 Å². The summed E-state index contributed by atoms with van der Waals surface area (Å²) in [5.74, 6) is 1.99. The Morgan fingerprint density at radius 3 is 2.18 bits per heavy atom. The van der Waals surface area contributed by atoms with Gasteiger partial charge in [0, 0.05) is 19.5 Å². The van der Waals surface area contributed by atoms with Crippen LogP contribution in [0.15, 0.2) is 42.5 Å². The lowest BCUT2D eigenvalue weighted by atomic mass is 9.96. The van der Waals surface area contributed by atoms with E-state index in [1.54, 1.807) is 40.4 Å². The molecule has 152 valence electrons. The summed E-state index contributed by atoms with van der Waals surface area (Å²) in [5.41, 5.74) is 0.756. The van der Waals surface area contributed by atoms with Crippen LogP contribution in [0.5, 0.6) is 17.2 Å². The molecule has 0 aromatic heterocycles. The lowest BCUT2D eigenvalue weighted by Gasteiger charge is -2.24. The van der Waals surface area contributed by atoms with Gasteiger partial charge < -0.3 is 30.0 Å². The van der Waals surface area contributed by atoms with Gasteiger partial charge in [0.05, 0.1) is 26.9 Å². The first-order valence-electron chi connectivity index (χ1n) is 8.95. The van der Waals surface area contributed by atoms with Gasteiger partial charge in [0.25, 0.3) is 0 Å². The van der Waals surface area contributed by atoms with Crippen LogP contribution in [0.3, 0.4) is 0 Å². The van der Waals surface area contributed by atoms with Crippen molar-refractivity contribution in [3.63, 3.8) is 0 Å². The van der Waals surface area contributed by atoms with E-state index in [2.05, 4.69) is 10.6 Å². The van der Waals surface area contributed by atoms with Gasteiger partial charge in [-0.1, -0.05) is 18.2 Å². The minimum atomic E-state index is -1.07. The van der Waals surface area contributed by atoms with E-state index in [0.717, 1.165) is 16.9 Å². The van der Waals surface area contributed by atoms with E-state index in [1.165, 1.54) is 0 Å². The molecule has 1 atom stereocenters. The SMILES string of the molecule is COc1ccc(CC(C)(O)CNC(=O)NCc2ccc(OC)c(OC)c2)cc1. The molecule has 2 aromatic carbocycles. The average Bonchev–Trinajstić information content (AvgIpc) is 2.70. The normalized spacial score (nSPS) is 12.6. The van der Waals surface area contributed by atoms with Gasteiger partial charge in [-0.15, -0.1) is 0 Å². The first kappa shape index (κ1) is 21.4. The van der Waals surface area contributed by atoms with E-state index in [4.69, 9.17) is 14.2 Å². The van der Waals surface area contributed by atoms with E-state index < -0.39 is 5.60 Å². The fraction of sp³-hybridized carbons (Fsp3) is 0.381. The maximum absolute atomic E-state index is 12.1. The van der Waals surface area contributed by atoms with Crippen molar-refractivity contribution in [1.29, 1.82) is 0 Å². The standard InChI is InChI=1S/C21H28N2O5/c1-21(25,12-15-5-8-17(26-2)9-6-15)14-23-20(24)22-13-16-7-10-18(27-3)19(11-16)28-4/h5-11,25H,12-14H2,1-4H3,(H2,22,23,24). The first-order chi connectivity index (χ1) is 13.4. The Bertz CT molecular complexity index is 775. The van der Waals surface area contributed by atoms with Crippen LogP contribution in [0.1, 0.15) is 18.1 Å². The van der Waals surface area contributed by atoms with Gasteiger partial charge in [-0.25, -0.2) is 4.79 Å². The largest absolute Gasteiger partial charge is 0.497 e. The summed E-state index contributed by atoms with van der Waals surface area (Å²) >= 11 is 0. The second kappa shape index (κ2) is 9.85. The number of ether oxygens (including phenoxy) is 3. The molecule has 28 heavy (non-hydrogen) atoms. The highest BCUT2D eigenvalue weighted by atomic mass is 16.5. The van der Waals surface area contributed by atoms with Crippen molar-refractivity contribution in [2.45, 2.75) is 25.5 Å². The number of methoxy groups -OCH3 is 3. The van der Waals surface area contributed by atoms with Crippen molar-refractivity contribution >= 4 is 6.03 Å². The van der Waals surface area contributed by atoms with E-state index in [0.29, 0.717) is 24.5 Å². The zero-order valence-corrected chi connectivity index (χ0v) is 16.7. The quantitative estimate of drug-likeness (QED) is 0.614. The summed E-state index contributed by atoms with van der Waals surface area (Å²) in [4.78, 5) is 12.1. The topological polar surface area (TPSA) is 89.1 Å². The van der Waals surface area contributed by atoms with Crippen LogP contribution in [-0.4, -0.2) is 44.6 Å². The number of aliphatic hydroxyl groups is 1. The Labute approximate surface area is 165 Å². The van der Waals surface area contributed by atoms with Crippen LogP contribution in [0.25, 0.3) is 0 Å². The number of carbonyl (C=O) groups excluding carboxylic acids is 1. The first-order valence-corrected chi connectivity index (χ1v) is 8.95. The number of hydrogen-bond acceptors (Lipinski definition) is 5. The molecule has 2 aromatic rings. The molecule has 0 saturated heterocycles. The van der Waals surface area contributed by atoms with Gasteiger partial charge in [0.1, 0.15) is 5.75 Å². The molecule has 0 heterocycles. The Morgan fingerprint density at radius 2 is 1.57 bits per heavy atom. The van der Waals surface area contributed by atoms with Gasteiger partial charge in [0.2, 0.25) is 0 Å². The summed E-state index contributed by atoms with van der Waals surface area (Å²) in [7, 11) is 4.74. The van der Waals surface area contributed by atoms with Crippen molar-refractivity contribution < 1.29 is 24.1 Å². The Hall–Kier alpha value is -2.93. The summed E-state index contributed by atoms with van der Waals surface area (Å²) in [6.45, 7) is 2.13. The van der Waals surface area contributed by atoms with E-state index >= 15 is 0 Å². The number of rotatable bonds is 9. The van der Waals surface area contributed by atoms with Crippen molar-refractivity contribution in [3.05, 3.63) is 53.6 Å². The smallest absolute Gasteiger partial charge is 0.315 e. The Morgan fingerprint density at radius 1 is 0.929 bits per heavy atom. The number of hydrogen-bond donors (Lipinski definition) is 3. The van der Waals surface area contributed by atoms with Crippen LogP contribution in [0, 0.1) is 0 Å². The Kier molecular flexibility index (Phi) is 7.52. The lowest BCUT2D eigenvalue weighted by molar-refractivity contribution is 0.0624. The fourth-order valence-corrected chi connectivity index (χ4v) is 2.75. The maximum atomic E-state index is 12.1. The number of benzene rings is 2. The van der Waals surface area contributed by atoms with E-state index in [9.17, 15) is 9.90 Å². The highest BCUT2D eigenvalue weighted by molar-refractivity contribution is 5.73. The number of carbonyl (C=O) groups is 1. The maximum Gasteiger partial charge on any atom is 0.315 e. The molecule has 0 aliphatic heterocycles. The van der Waals surface area contributed by atoms with Crippen LogP contribution >= 0.6 is 0 Å². The van der Waals surface area contributed by atoms with Crippen molar-refractivity contribution in [3.8, 4) is 17.2 Å². The lowest BCUT2D eigenvalue weighted by Crippen LogP contribution is -2.45. The molecule has 0 saturated carbocycles. The minimum absolute atomic E-state index is 0.122. The number of nitrogens with one attached hydrogen (secondary N) is 2. The van der Waals surface area contributed by atoms with Crippen molar-refractivity contribution in [1.82, 2.24) is 10.6 Å². The molecule has 2 amide bonds. The van der Waals surface area contributed by atoms with E-state index in [-0.39, 0.29) is 12.6 Å². The summed E-state index contributed by atoms with van der Waals surface area (Å²) in [6.07, 6.45) is 0.410. The van der Waals surface area contributed by atoms with Crippen LogP contribution in [0.2, 0.25) is 0 Å². The monoisotopic (exact) mass is 388 g/mol. The van der Waals surface area contributed by atoms with E-state index in [1.807, 2.05) is 30.3 Å². The minimum Gasteiger partial charge on any atom is -0.497 e. The molecular weight excluding hydrogens is 360 g/mol. The molecule has 0 bridgehead atoms. The molecule has 0 fully saturated rings. The molecule has 7 heteroatoms. The van der Waals surface area contributed by atoms with Crippen molar-refractivity contribution in [2.24, 2.45) is 0 Å². The highest BCUT2D eigenvalue weighted by Gasteiger charge is 2.22. The number of amides is 2. The molecule has 2 rings (SSSR count). The molecule has 3 N–H and O–H groups in total. The molecule has 0 aliphatic rings. The molecule has 0 spiro atoms. The third-order valence-corrected chi connectivity index (χ3v) is 4.27. The highest BCUT2D eigenvalue weighted by Crippen LogP contribution is 2.27. The number of urea groups is 1. The summed E-state index contributed by atoms with van der Waals surface area (Å²) < 4.78 is 15.6.